The Kier molecular flexibility index (Phi) is 4.84. The molecular weight excluding hydrogens is 248 g/mol. The summed E-state index contributed by atoms with van der Waals surface area (Å²) in [5.41, 5.74) is 1.07. The number of pyridine rings is 1. The van der Waals surface area contributed by atoms with E-state index in [9.17, 15) is 0 Å². The molecule has 1 aromatic rings. The molecule has 0 aliphatic carbocycles. The molecule has 0 radical (unpaired) electrons. The summed E-state index contributed by atoms with van der Waals surface area (Å²) in [6, 6.07) is 2.47. The molecule has 2 rings (SSSR count). The molecule has 2 heterocycles. The van der Waals surface area contributed by atoms with E-state index >= 15 is 0 Å². The number of hydrogen-bond donors (Lipinski definition) is 1. The van der Waals surface area contributed by atoms with Crippen LogP contribution in [0.3, 0.4) is 0 Å². The average Bonchev–Trinajstić information content (AvgIpc) is 2.87. The second-order valence-electron chi connectivity index (χ2n) is 4.90. The zero-order valence-electron chi connectivity index (χ0n) is 11.1. The second-order valence-corrected chi connectivity index (χ2v) is 5.25. The summed E-state index contributed by atoms with van der Waals surface area (Å²) in [7, 11) is 0. The van der Waals surface area contributed by atoms with Crippen molar-refractivity contribution in [2.45, 2.75) is 51.7 Å². The number of hydrogen-bond acceptors (Lipinski definition) is 3. The SMILES string of the molecule is CCCc1cc(OC(C)[C@@H]2CCCN2)cnc1Cl. The van der Waals surface area contributed by atoms with Gasteiger partial charge in [-0.1, -0.05) is 24.9 Å². The first-order chi connectivity index (χ1) is 8.70. The van der Waals surface area contributed by atoms with Crippen LogP contribution in [-0.2, 0) is 6.42 Å². The van der Waals surface area contributed by atoms with E-state index in [0.29, 0.717) is 11.2 Å². The lowest BCUT2D eigenvalue weighted by Crippen LogP contribution is -2.36. The van der Waals surface area contributed by atoms with Gasteiger partial charge in [0.2, 0.25) is 0 Å². The molecule has 1 aliphatic heterocycles. The van der Waals surface area contributed by atoms with Gasteiger partial charge in [0.1, 0.15) is 17.0 Å². The van der Waals surface area contributed by atoms with Gasteiger partial charge in [-0.05, 0) is 44.4 Å². The zero-order chi connectivity index (χ0) is 13.0. The highest BCUT2D eigenvalue weighted by Gasteiger charge is 2.22. The van der Waals surface area contributed by atoms with Crippen molar-refractivity contribution in [2.75, 3.05) is 6.54 Å². The number of nitrogens with one attached hydrogen (secondary N) is 1. The van der Waals surface area contributed by atoms with Crippen molar-refractivity contribution < 1.29 is 4.74 Å². The molecule has 0 amide bonds. The van der Waals surface area contributed by atoms with Crippen LogP contribution in [0, 0.1) is 0 Å². The average molecular weight is 269 g/mol. The van der Waals surface area contributed by atoms with Crippen molar-refractivity contribution in [1.82, 2.24) is 10.3 Å². The van der Waals surface area contributed by atoms with Crippen LogP contribution in [0.5, 0.6) is 5.75 Å². The van der Waals surface area contributed by atoms with Crippen LogP contribution in [0.15, 0.2) is 12.3 Å². The van der Waals surface area contributed by atoms with Crippen LogP contribution in [-0.4, -0.2) is 23.7 Å². The topological polar surface area (TPSA) is 34.1 Å². The number of rotatable bonds is 5. The Morgan fingerprint density at radius 2 is 2.44 bits per heavy atom. The fourth-order valence-corrected chi connectivity index (χ4v) is 2.59. The van der Waals surface area contributed by atoms with Crippen LogP contribution in [0.25, 0.3) is 0 Å². The first-order valence-corrected chi connectivity index (χ1v) is 7.13. The lowest BCUT2D eigenvalue weighted by Gasteiger charge is -2.21. The summed E-state index contributed by atoms with van der Waals surface area (Å²) in [5.74, 6) is 0.823. The largest absolute Gasteiger partial charge is 0.487 e. The summed E-state index contributed by atoms with van der Waals surface area (Å²) >= 11 is 6.06. The van der Waals surface area contributed by atoms with Crippen molar-refractivity contribution in [1.29, 1.82) is 0 Å². The molecule has 3 nitrogen and oxygen atoms in total. The number of nitrogens with zero attached hydrogens (tertiary/aromatic N) is 1. The van der Waals surface area contributed by atoms with Crippen molar-refractivity contribution >= 4 is 11.6 Å². The highest BCUT2D eigenvalue weighted by Crippen LogP contribution is 2.22. The highest BCUT2D eigenvalue weighted by atomic mass is 35.5. The minimum atomic E-state index is 0.171. The molecule has 1 saturated heterocycles. The zero-order valence-corrected chi connectivity index (χ0v) is 11.8. The van der Waals surface area contributed by atoms with Gasteiger partial charge in [-0.25, -0.2) is 4.98 Å². The van der Waals surface area contributed by atoms with E-state index in [1.165, 1.54) is 12.8 Å². The lowest BCUT2D eigenvalue weighted by molar-refractivity contribution is 0.179. The maximum absolute atomic E-state index is 6.06. The first kappa shape index (κ1) is 13.6. The van der Waals surface area contributed by atoms with Crippen molar-refractivity contribution in [3.05, 3.63) is 23.0 Å². The Labute approximate surface area is 114 Å². The van der Waals surface area contributed by atoms with Gasteiger partial charge in [0.15, 0.2) is 0 Å². The predicted molar refractivity (Wildman–Crippen MR) is 74.4 cm³/mol. The van der Waals surface area contributed by atoms with E-state index in [0.717, 1.165) is 30.7 Å². The number of aryl methyl sites for hydroxylation is 1. The molecule has 100 valence electrons. The number of aromatic nitrogens is 1. The molecule has 18 heavy (non-hydrogen) atoms. The van der Waals surface area contributed by atoms with Gasteiger partial charge < -0.3 is 10.1 Å². The molecule has 1 aromatic heterocycles. The Bertz CT molecular complexity index is 391. The van der Waals surface area contributed by atoms with Gasteiger partial charge in [-0.15, -0.1) is 0 Å². The van der Waals surface area contributed by atoms with Gasteiger partial charge in [-0.2, -0.15) is 0 Å². The normalized spacial score (nSPS) is 20.9. The van der Waals surface area contributed by atoms with E-state index in [2.05, 4.69) is 24.1 Å². The molecule has 0 aromatic carbocycles. The molecule has 2 atom stereocenters. The Balaban J connectivity index is 2.01. The van der Waals surface area contributed by atoms with E-state index in [1.807, 2.05) is 6.07 Å². The minimum absolute atomic E-state index is 0.171. The molecule has 1 aliphatic rings. The van der Waals surface area contributed by atoms with Crippen LogP contribution in [0.2, 0.25) is 5.15 Å². The van der Waals surface area contributed by atoms with Crippen molar-refractivity contribution in [2.24, 2.45) is 0 Å². The standard InChI is InChI=1S/C14H21ClN2O/c1-3-5-11-8-12(9-17-14(11)15)18-10(2)13-6-4-7-16-13/h8-10,13,16H,3-7H2,1-2H3/t10?,13-/m0/s1. The number of ether oxygens (including phenoxy) is 1. The molecule has 0 bridgehead atoms. The molecule has 1 unspecified atom stereocenters. The predicted octanol–water partition coefficient (Wildman–Crippen LogP) is 3.21. The van der Waals surface area contributed by atoms with Crippen molar-refractivity contribution in [3.8, 4) is 5.75 Å². The van der Waals surface area contributed by atoms with E-state index in [-0.39, 0.29) is 6.10 Å². The first-order valence-electron chi connectivity index (χ1n) is 6.75. The Morgan fingerprint density at radius 3 is 3.11 bits per heavy atom. The van der Waals surface area contributed by atoms with Crippen LogP contribution < -0.4 is 10.1 Å². The third-order valence-electron chi connectivity index (χ3n) is 3.39. The monoisotopic (exact) mass is 268 g/mol. The van der Waals surface area contributed by atoms with Gasteiger partial charge in [0, 0.05) is 6.04 Å². The van der Waals surface area contributed by atoms with Crippen LogP contribution >= 0.6 is 11.6 Å². The molecular formula is C14H21ClN2O. The quantitative estimate of drug-likeness (QED) is 0.833. The third-order valence-corrected chi connectivity index (χ3v) is 3.73. The fourth-order valence-electron chi connectivity index (χ4n) is 2.39. The smallest absolute Gasteiger partial charge is 0.138 e. The van der Waals surface area contributed by atoms with E-state index in [4.69, 9.17) is 16.3 Å². The van der Waals surface area contributed by atoms with Gasteiger partial charge >= 0.3 is 0 Å². The minimum Gasteiger partial charge on any atom is -0.487 e. The summed E-state index contributed by atoms with van der Waals surface area (Å²) in [6.07, 6.45) is 6.31. The lowest BCUT2D eigenvalue weighted by atomic mass is 10.1. The molecule has 4 heteroatoms. The maximum atomic E-state index is 6.06. The highest BCUT2D eigenvalue weighted by molar-refractivity contribution is 6.30. The van der Waals surface area contributed by atoms with Crippen molar-refractivity contribution in [3.63, 3.8) is 0 Å². The maximum Gasteiger partial charge on any atom is 0.138 e. The van der Waals surface area contributed by atoms with Crippen LogP contribution in [0.4, 0.5) is 0 Å². The van der Waals surface area contributed by atoms with Gasteiger partial charge in [0.25, 0.3) is 0 Å². The van der Waals surface area contributed by atoms with E-state index in [1.54, 1.807) is 6.20 Å². The molecule has 1 fully saturated rings. The van der Waals surface area contributed by atoms with E-state index < -0.39 is 0 Å². The fraction of sp³-hybridized carbons (Fsp3) is 0.643. The summed E-state index contributed by atoms with van der Waals surface area (Å²) < 4.78 is 5.96. The Morgan fingerprint density at radius 1 is 1.61 bits per heavy atom. The van der Waals surface area contributed by atoms with Crippen LogP contribution in [0.1, 0.15) is 38.7 Å². The summed E-state index contributed by atoms with van der Waals surface area (Å²) in [5, 5.41) is 4.05. The molecule has 0 saturated carbocycles. The number of halogens is 1. The Hall–Kier alpha value is -0.800. The second kappa shape index (κ2) is 6.39. The third kappa shape index (κ3) is 3.36. The summed E-state index contributed by atoms with van der Waals surface area (Å²) in [6.45, 7) is 5.34. The molecule has 0 spiro atoms. The van der Waals surface area contributed by atoms with Gasteiger partial charge in [-0.3, -0.25) is 0 Å². The molecule has 1 N–H and O–H groups in total. The summed E-state index contributed by atoms with van der Waals surface area (Å²) in [4.78, 5) is 4.20. The van der Waals surface area contributed by atoms with Gasteiger partial charge in [0.05, 0.1) is 6.20 Å².